The predicted molar refractivity (Wildman–Crippen MR) is 122 cm³/mol. The molecule has 4 heterocycles. The molecule has 5 rings (SSSR count). The zero-order valence-electron chi connectivity index (χ0n) is 18.8. The van der Waals surface area contributed by atoms with E-state index in [0.29, 0.717) is 48.8 Å². The van der Waals surface area contributed by atoms with Crippen LogP contribution in [0.3, 0.4) is 0 Å². The molecule has 34 heavy (non-hydrogen) atoms. The highest BCUT2D eigenvalue weighted by Gasteiger charge is 2.31. The smallest absolute Gasteiger partial charge is 0.255 e. The summed E-state index contributed by atoms with van der Waals surface area (Å²) >= 11 is 0. The second-order valence-corrected chi connectivity index (χ2v) is 8.80. The van der Waals surface area contributed by atoms with Crippen molar-refractivity contribution in [2.24, 2.45) is 0 Å². The Kier molecular flexibility index (Phi) is 5.40. The van der Waals surface area contributed by atoms with E-state index in [4.69, 9.17) is 10.4 Å². The third-order valence-corrected chi connectivity index (χ3v) is 6.38. The van der Waals surface area contributed by atoms with Crippen molar-refractivity contribution in [3.05, 3.63) is 70.6 Å². The highest BCUT2D eigenvalue weighted by Crippen LogP contribution is 2.31. The maximum atomic E-state index is 13.9. The Morgan fingerprint density at radius 2 is 1.91 bits per heavy atom. The molecule has 0 spiro atoms. The summed E-state index contributed by atoms with van der Waals surface area (Å²) in [6.07, 6.45) is 5.40. The number of rotatable bonds is 3. The van der Waals surface area contributed by atoms with Crippen molar-refractivity contribution in [1.82, 2.24) is 19.5 Å². The van der Waals surface area contributed by atoms with E-state index < -0.39 is 29.7 Å². The Bertz CT molecular complexity index is 1350. The number of benzene rings is 1. The van der Waals surface area contributed by atoms with Gasteiger partial charge in [-0.3, -0.25) is 4.79 Å². The first-order valence-corrected chi connectivity index (χ1v) is 11.0. The van der Waals surface area contributed by atoms with Crippen LogP contribution in [0.25, 0.3) is 5.65 Å². The van der Waals surface area contributed by atoms with E-state index in [1.165, 1.54) is 0 Å². The molecule has 0 unspecified atom stereocenters. The third kappa shape index (κ3) is 3.73. The number of anilines is 1. The largest absolute Gasteiger partial charge is 0.385 e. The molecule has 2 aromatic heterocycles. The number of nitrogens with one attached hydrogen (secondary N) is 1. The van der Waals surface area contributed by atoms with Crippen LogP contribution in [0.15, 0.2) is 36.5 Å². The molecule has 0 saturated carbocycles. The van der Waals surface area contributed by atoms with Crippen LogP contribution in [0.4, 0.5) is 14.6 Å². The first-order chi connectivity index (χ1) is 16.2. The van der Waals surface area contributed by atoms with E-state index in [1.54, 1.807) is 16.3 Å². The number of aliphatic hydroxyl groups is 1. The summed E-state index contributed by atoms with van der Waals surface area (Å²) in [6.45, 7) is 4.42. The van der Waals surface area contributed by atoms with Gasteiger partial charge in [-0.05, 0) is 38.0 Å². The van der Waals surface area contributed by atoms with E-state index in [0.717, 1.165) is 17.7 Å². The molecule has 0 bridgehead atoms. The summed E-state index contributed by atoms with van der Waals surface area (Å²) in [4.78, 5) is 21.5. The van der Waals surface area contributed by atoms with Crippen molar-refractivity contribution in [3.63, 3.8) is 0 Å². The highest BCUT2D eigenvalue weighted by molar-refractivity contribution is 5.96. The van der Waals surface area contributed by atoms with Gasteiger partial charge in [0.1, 0.15) is 11.9 Å². The molecular formula is C24H24F2N6O2. The van der Waals surface area contributed by atoms with Crippen molar-refractivity contribution >= 4 is 23.1 Å². The van der Waals surface area contributed by atoms with Gasteiger partial charge in [0, 0.05) is 29.9 Å². The number of β-amino-alcohol motifs (C(OH)–C–C–N with tert-alkyl or cyclic N) is 1. The minimum Gasteiger partial charge on any atom is -0.385 e. The molecule has 176 valence electrons. The van der Waals surface area contributed by atoms with Gasteiger partial charge in [-0.25, -0.2) is 18.3 Å². The Hall–Kier alpha value is -3.66. The average molecular weight is 466 g/mol. The first-order valence-electron chi connectivity index (χ1n) is 11.0. The number of carbonyl (C=O) groups excluding carboxylic acids is 1. The molecule has 2 N–H and O–H groups in total. The number of nitrogens with zero attached hydrogens (tertiary/aromatic N) is 5. The molecule has 3 aromatic rings. The summed E-state index contributed by atoms with van der Waals surface area (Å²) in [5.74, 6) is -1.76. The van der Waals surface area contributed by atoms with E-state index in [1.807, 2.05) is 36.2 Å². The number of hydrogen-bond donors (Lipinski definition) is 2. The Morgan fingerprint density at radius 3 is 2.65 bits per heavy atom. The summed E-state index contributed by atoms with van der Waals surface area (Å²) in [5, 5.41) is 22.4. The van der Waals surface area contributed by atoms with Crippen LogP contribution in [0.1, 0.15) is 39.6 Å². The van der Waals surface area contributed by atoms with Gasteiger partial charge in [-0.2, -0.15) is 5.10 Å². The van der Waals surface area contributed by atoms with Crippen molar-refractivity contribution in [2.75, 3.05) is 24.5 Å². The summed E-state index contributed by atoms with van der Waals surface area (Å²) in [7, 11) is 0. The standard InChI is InChI=1S/C24H24F2N6O2/c1-13-7-16(25)17(26)8-15(13)24(34)31-6-4-3-5-20(31)19-9-22-28-23(14(2)10-32(22)29-19)30-11-18(27)21(33)12-30/h3-4,7-10,20-21,27,33H,5-6,11-12H2,1-2H3/t20-,21-/m0/s1. The molecule has 2 aliphatic rings. The van der Waals surface area contributed by atoms with E-state index in [9.17, 15) is 18.7 Å². The SMILES string of the molecule is Cc1cc(F)c(F)cc1C(=O)N1CC=CC[C@H]1c1cc2nc(N3CC(=N)[C@@H](O)C3)c(C)cn2n1. The lowest BCUT2D eigenvalue weighted by Crippen LogP contribution is -2.37. The Labute approximate surface area is 194 Å². The number of amides is 1. The zero-order chi connectivity index (χ0) is 24.1. The average Bonchev–Trinajstić information content (AvgIpc) is 3.37. The fourth-order valence-corrected chi connectivity index (χ4v) is 4.56. The summed E-state index contributed by atoms with van der Waals surface area (Å²) in [6, 6.07) is 3.40. The van der Waals surface area contributed by atoms with Gasteiger partial charge in [0.15, 0.2) is 17.3 Å². The minimum absolute atomic E-state index is 0.120. The van der Waals surface area contributed by atoms with Crippen LogP contribution in [0, 0.1) is 30.9 Å². The lowest BCUT2D eigenvalue weighted by Gasteiger charge is -2.32. The molecule has 1 aromatic carbocycles. The van der Waals surface area contributed by atoms with Crippen molar-refractivity contribution in [2.45, 2.75) is 32.4 Å². The number of carbonyl (C=O) groups is 1. The molecule has 1 fully saturated rings. The minimum atomic E-state index is -1.06. The van der Waals surface area contributed by atoms with Crippen LogP contribution >= 0.6 is 0 Å². The number of aliphatic hydroxyl groups excluding tert-OH is 1. The maximum absolute atomic E-state index is 13.9. The van der Waals surface area contributed by atoms with E-state index >= 15 is 0 Å². The van der Waals surface area contributed by atoms with Crippen molar-refractivity contribution in [1.29, 1.82) is 5.41 Å². The van der Waals surface area contributed by atoms with Crippen molar-refractivity contribution < 1.29 is 18.7 Å². The number of hydrogen-bond acceptors (Lipinski definition) is 6. The maximum Gasteiger partial charge on any atom is 0.255 e. The van der Waals surface area contributed by atoms with E-state index in [2.05, 4.69) is 5.10 Å². The third-order valence-electron chi connectivity index (χ3n) is 6.38. The lowest BCUT2D eigenvalue weighted by atomic mass is 10.0. The van der Waals surface area contributed by atoms with Gasteiger partial charge >= 0.3 is 0 Å². The molecule has 2 atom stereocenters. The fourth-order valence-electron chi connectivity index (χ4n) is 4.56. The van der Waals surface area contributed by atoms with Crippen molar-refractivity contribution in [3.8, 4) is 0 Å². The monoisotopic (exact) mass is 466 g/mol. The quantitative estimate of drug-likeness (QED) is 0.579. The number of aromatic nitrogens is 3. The molecular weight excluding hydrogens is 442 g/mol. The van der Waals surface area contributed by atoms with Gasteiger partial charge in [0.25, 0.3) is 5.91 Å². The first kappa shape index (κ1) is 22.1. The number of fused-ring (bicyclic) bond motifs is 1. The van der Waals surface area contributed by atoms with Crippen LogP contribution in [-0.4, -0.2) is 62.0 Å². The predicted octanol–water partition coefficient (Wildman–Crippen LogP) is 2.97. The van der Waals surface area contributed by atoms with Crippen LogP contribution in [0.2, 0.25) is 0 Å². The van der Waals surface area contributed by atoms with E-state index in [-0.39, 0.29) is 11.3 Å². The lowest BCUT2D eigenvalue weighted by molar-refractivity contribution is 0.0687. The Morgan fingerprint density at radius 1 is 1.15 bits per heavy atom. The zero-order valence-corrected chi connectivity index (χ0v) is 18.8. The topological polar surface area (TPSA) is 97.8 Å². The second-order valence-electron chi connectivity index (χ2n) is 8.80. The molecule has 1 amide bonds. The summed E-state index contributed by atoms with van der Waals surface area (Å²) < 4.78 is 29.1. The molecule has 2 aliphatic heterocycles. The fraction of sp³-hybridized carbons (Fsp3) is 0.333. The normalized spacial score (nSPS) is 20.6. The highest BCUT2D eigenvalue weighted by atomic mass is 19.2. The van der Waals surface area contributed by atoms with Gasteiger partial charge < -0.3 is 20.3 Å². The van der Waals surface area contributed by atoms with Gasteiger partial charge in [-0.1, -0.05) is 12.2 Å². The molecule has 1 saturated heterocycles. The Balaban J connectivity index is 1.49. The van der Waals surface area contributed by atoms with Crippen LogP contribution in [0.5, 0.6) is 0 Å². The molecule has 0 radical (unpaired) electrons. The molecule has 0 aliphatic carbocycles. The van der Waals surface area contributed by atoms with Crippen LogP contribution in [-0.2, 0) is 0 Å². The van der Waals surface area contributed by atoms with Gasteiger partial charge in [0.05, 0.1) is 30.5 Å². The van der Waals surface area contributed by atoms with Crippen LogP contribution < -0.4 is 4.90 Å². The molecule has 10 heteroatoms. The van der Waals surface area contributed by atoms with Gasteiger partial charge in [-0.15, -0.1) is 0 Å². The molecule has 8 nitrogen and oxygen atoms in total. The van der Waals surface area contributed by atoms with Gasteiger partial charge in [0.2, 0.25) is 0 Å². The second kappa shape index (κ2) is 8.28. The number of halogens is 2. The number of aryl methyl sites for hydroxylation is 2. The summed E-state index contributed by atoms with van der Waals surface area (Å²) in [5.41, 5.74) is 2.80.